The van der Waals surface area contributed by atoms with Gasteiger partial charge in [-0.2, -0.15) is 0 Å². The second-order valence-electron chi connectivity index (χ2n) is 3.82. The molecule has 1 aliphatic rings. The SMILES string of the molecule is NNc1nc2c(s1)CCc1c-2ccc(Cl)c1Cl. The Morgan fingerprint density at radius 2 is 2.12 bits per heavy atom. The maximum atomic E-state index is 6.22. The van der Waals surface area contributed by atoms with Crippen molar-refractivity contribution < 1.29 is 0 Å². The van der Waals surface area contributed by atoms with E-state index in [0.29, 0.717) is 10.0 Å². The summed E-state index contributed by atoms with van der Waals surface area (Å²) in [4.78, 5) is 5.70. The van der Waals surface area contributed by atoms with Crippen LogP contribution in [0.2, 0.25) is 10.0 Å². The minimum Gasteiger partial charge on any atom is -0.300 e. The Morgan fingerprint density at radius 1 is 1.29 bits per heavy atom. The number of hydrogen-bond donors (Lipinski definition) is 2. The number of rotatable bonds is 1. The number of halogens is 2. The monoisotopic (exact) mass is 285 g/mol. The van der Waals surface area contributed by atoms with Crippen LogP contribution in [0.15, 0.2) is 12.1 Å². The van der Waals surface area contributed by atoms with Gasteiger partial charge in [-0.25, -0.2) is 10.8 Å². The number of hydrogen-bond acceptors (Lipinski definition) is 4. The topological polar surface area (TPSA) is 50.9 Å². The summed E-state index contributed by atoms with van der Waals surface area (Å²) in [6.07, 6.45) is 1.83. The fraction of sp³-hybridized carbons (Fsp3) is 0.182. The maximum absolute atomic E-state index is 6.22. The van der Waals surface area contributed by atoms with Crippen molar-refractivity contribution >= 4 is 39.7 Å². The van der Waals surface area contributed by atoms with Gasteiger partial charge in [0.2, 0.25) is 0 Å². The van der Waals surface area contributed by atoms with Gasteiger partial charge >= 0.3 is 0 Å². The van der Waals surface area contributed by atoms with E-state index in [0.717, 1.165) is 34.8 Å². The third kappa shape index (κ3) is 1.72. The summed E-state index contributed by atoms with van der Waals surface area (Å²) in [5, 5.41) is 1.97. The van der Waals surface area contributed by atoms with Crippen molar-refractivity contribution in [3.05, 3.63) is 32.6 Å². The van der Waals surface area contributed by atoms with Crippen LogP contribution in [0.3, 0.4) is 0 Å². The van der Waals surface area contributed by atoms with E-state index >= 15 is 0 Å². The van der Waals surface area contributed by atoms with Crippen molar-refractivity contribution in [3.8, 4) is 11.3 Å². The highest BCUT2D eigenvalue weighted by Crippen LogP contribution is 2.42. The molecule has 0 spiro atoms. The molecule has 0 bridgehead atoms. The van der Waals surface area contributed by atoms with Crippen LogP contribution < -0.4 is 11.3 Å². The molecule has 0 atom stereocenters. The normalized spacial score (nSPS) is 13.1. The number of nitrogen functional groups attached to an aromatic ring is 1. The number of nitrogens with two attached hydrogens (primary N) is 1. The molecular weight excluding hydrogens is 277 g/mol. The molecule has 0 unspecified atom stereocenters. The quantitative estimate of drug-likeness (QED) is 0.623. The highest BCUT2D eigenvalue weighted by Gasteiger charge is 2.23. The van der Waals surface area contributed by atoms with Crippen molar-refractivity contribution in [2.45, 2.75) is 12.8 Å². The maximum Gasteiger partial charge on any atom is 0.197 e. The summed E-state index contributed by atoms with van der Waals surface area (Å²) < 4.78 is 0. The Bertz CT molecular complexity index is 595. The third-order valence-electron chi connectivity index (χ3n) is 2.87. The molecule has 0 fully saturated rings. The summed E-state index contributed by atoms with van der Waals surface area (Å²) in [6.45, 7) is 0. The van der Waals surface area contributed by atoms with E-state index in [1.807, 2.05) is 12.1 Å². The van der Waals surface area contributed by atoms with Crippen LogP contribution in [0.4, 0.5) is 5.13 Å². The first kappa shape index (κ1) is 11.3. The average molecular weight is 286 g/mol. The van der Waals surface area contributed by atoms with Crippen molar-refractivity contribution in [2.75, 3.05) is 5.43 Å². The largest absolute Gasteiger partial charge is 0.300 e. The molecule has 6 heteroatoms. The molecule has 2 aromatic rings. The Morgan fingerprint density at radius 3 is 2.88 bits per heavy atom. The smallest absolute Gasteiger partial charge is 0.197 e. The zero-order valence-corrected chi connectivity index (χ0v) is 11.1. The molecule has 3 rings (SSSR count). The Labute approximate surface area is 113 Å². The molecule has 17 heavy (non-hydrogen) atoms. The lowest BCUT2D eigenvalue weighted by Gasteiger charge is -2.16. The van der Waals surface area contributed by atoms with Gasteiger partial charge in [-0.1, -0.05) is 29.3 Å². The lowest BCUT2D eigenvalue weighted by Crippen LogP contribution is -2.06. The molecule has 1 aliphatic carbocycles. The number of thiazole rings is 1. The van der Waals surface area contributed by atoms with E-state index in [-0.39, 0.29) is 0 Å². The Balaban J connectivity index is 2.22. The fourth-order valence-electron chi connectivity index (χ4n) is 2.09. The van der Waals surface area contributed by atoms with E-state index < -0.39 is 0 Å². The number of aromatic nitrogens is 1. The fourth-order valence-corrected chi connectivity index (χ4v) is 3.41. The van der Waals surface area contributed by atoms with Crippen LogP contribution in [0.25, 0.3) is 11.3 Å². The van der Waals surface area contributed by atoms with Crippen LogP contribution in [0.1, 0.15) is 10.4 Å². The van der Waals surface area contributed by atoms with Crippen molar-refractivity contribution in [2.24, 2.45) is 5.84 Å². The minimum atomic E-state index is 0.598. The van der Waals surface area contributed by atoms with E-state index in [1.54, 1.807) is 11.3 Å². The van der Waals surface area contributed by atoms with Gasteiger partial charge in [0.05, 0.1) is 15.7 Å². The van der Waals surface area contributed by atoms with Gasteiger partial charge in [0.1, 0.15) is 0 Å². The van der Waals surface area contributed by atoms with Gasteiger partial charge in [0.15, 0.2) is 5.13 Å². The Kier molecular flexibility index (Phi) is 2.75. The number of nitrogens with one attached hydrogen (secondary N) is 1. The lowest BCUT2D eigenvalue weighted by atomic mass is 9.93. The Hall–Kier alpha value is -0.810. The van der Waals surface area contributed by atoms with Crippen LogP contribution >= 0.6 is 34.5 Å². The van der Waals surface area contributed by atoms with Gasteiger partial charge in [-0.05, 0) is 24.5 Å². The molecule has 1 heterocycles. The molecule has 3 N–H and O–H groups in total. The molecule has 0 saturated heterocycles. The second kappa shape index (κ2) is 4.14. The summed E-state index contributed by atoms with van der Waals surface area (Å²) in [5.74, 6) is 5.39. The van der Waals surface area contributed by atoms with Gasteiger partial charge in [0, 0.05) is 10.4 Å². The van der Waals surface area contributed by atoms with Gasteiger partial charge in [-0.15, -0.1) is 11.3 Å². The average Bonchev–Trinajstić information content (AvgIpc) is 2.76. The van der Waals surface area contributed by atoms with Crippen molar-refractivity contribution in [3.63, 3.8) is 0 Å². The first-order valence-corrected chi connectivity index (χ1v) is 6.71. The van der Waals surface area contributed by atoms with Crippen LogP contribution in [-0.2, 0) is 12.8 Å². The zero-order valence-electron chi connectivity index (χ0n) is 8.76. The highest BCUT2D eigenvalue weighted by molar-refractivity contribution is 7.16. The summed E-state index contributed by atoms with van der Waals surface area (Å²) in [7, 11) is 0. The third-order valence-corrected chi connectivity index (χ3v) is 4.76. The molecular formula is C11H9Cl2N3S. The standard InChI is InChI=1S/C11H9Cl2N3S/c12-7-3-1-6-5(9(7)13)2-4-8-10(6)15-11(16-14)17-8/h1,3H,2,4,14H2,(H,15,16). The van der Waals surface area contributed by atoms with Gasteiger partial charge in [-0.3, -0.25) is 5.43 Å². The number of aryl methyl sites for hydroxylation is 1. The molecule has 0 saturated carbocycles. The van der Waals surface area contributed by atoms with Gasteiger partial charge < -0.3 is 0 Å². The second-order valence-corrected chi connectivity index (χ2v) is 5.69. The van der Waals surface area contributed by atoms with E-state index in [1.165, 1.54) is 4.88 Å². The number of benzene rings is 1. The summed E-state index contributed by atoms with van der Waals surface area (Å²) in [5.41, 5.74) is 5.72. The van der Waals surface area contributed by atoms with Crippen molar-refractivity contribution in [1.82, 2.24) is 4.98 Å². The molecule has 0 aliphatic heterocycles. The molecule has 88 valence electrons. The van der Waals surface area contributed by atoms with Crippen molar-refractivity contribution in [1.29, 1.82) is 0 Å². The molecule has 1 aromatic heterocycles. The number of fused-ring (bicyclic) bond motifs is 3. The molecule has 0 radical (unpaired) electrons. The van der Waals surface area contributed by atoms with Gasteiger partial charge in [0.25, 0.3) is 0 Å². The van der Waals surface area contributed by atoms with E-state index in [4.69, 9.17) is 29.0 Å². The number of nitrogens with zero attached hydrogens (tertiary/aromatic N) is 1. The lowest BCUT2D eigenvalue weighted by molar-refractivity contribution is 0.955. The summed E-state index contributed by atoms with van der Waals surface area (Å²) >= 11 is 13.8. The summed E-state index contributed by atoms with van der Waals surface area (Å²) in [6, 6.07) is 3.79. The highest BCUT2D eigenvalue weighted by atomic mass is 35.5. The zero-order chi connectivity index (χ0) is 12.0. The molecule has 0 amide bonds. The van der Waals surface area contributed by atoms with Crippen LogP contribution in [0, 0.1) is 0 Å². The molecule has 3 nitrogen and oxygen atoms in total. The van der Waals surface area contributed by atoms with E-state index in [2.05, 4.69) is 10.4 Å². The number of hydrazine groups is 1. The predicted molar refractivity (Wildman–Crippen MR) is 72.8 cm³/mol. The first-order chi connectivity index (χ1) is 8.20. The predicted octanol–water partition coefficient (Wildman–Crippen LogP) is 3.50. The van der Waals surface area contributed by atoms with Crippen LogP contribution in [-0.4, -0.2) is 4.98 Å². The minimum absolute atomic E-state index is 0.598. The van der Waals surface area contributed by atoms with E-state index in [9.17, 15) is 0 Å². The first-order valence-electron chi connectivity index (χ1n) is 5.14. The van der Waals surface area contributed by atoms with Crippen LogP contribution in [0.5, 0.6) is 0 Å². The molecule has 1 aromatic carbocycles. The number of anilines is 1.